The highest BCUT2D eigenvalue weighted by molar-refractivity contribution is 7.10. The lowest BCUT2D eigenvalue weighted by Crippen LogP contribution is -2.48. The summed E-state index contributed by atoms with van der Waals surface area (Å²) >= 11 is 1.79. The second-order valence-corrected chi connectivity index (χ2v) is 7.87. The number of benzene rings is 1. The molecule has 5 nitrogen and oxygen atoms in total. The molecule has 1 aromatic carbocycles. The normalized spacial score (nSPS) is 15.2. The fourth-order valence-electron chi connectivity index (χ4n) is 3.21. The molecular formula is C20H25N3O2S. The number of hydrogen-bond acceptors (Lipinski definition) is 4. The number of anilines is 1. The molecule has 6 heteroatoms. The molecule has 2 aromatic rings. The summed E-state index contributed by atoms with van der Waals surface area (Å²) in [5, 5.41) is 4.95. The van der Waals surface area contributed by atoms with Crippen LogP contribution in [0.2, 0.25) is 0 Å². The summed E-state index contributed by atoms with van der Waals surface area (Å²) in [6.45, 7) is 5.65. The van der Waals surface area contributed by atoms with Crippen molar-refractivity contribution in [2.75, 3.05) is 25.5 Å². The van der Waals surface area contributed by atoms with E-state index in [0.717, 1.165) is 30.8 Å². The van der Waals surface area contributed by atoms with Crippen molar-refractivity contribution in [2.24, 2.45) is 0 Å². The summed E-state index contributed by atoms with van der Waals surface area (Å²) in [6, 6.07) is 9.53. The number of fused-ring (bicyclic) bond motifs is 1. The first-order valence-corrected chi connectivity index (χ1v) is 9.73. The minimum Gasteiger partial charge on any atom is -0.335 e. The third kappa shape index (κ3) is 4.31. The van der Waals surface area contributed by atoms with Crippen molar-refractivity contribution in [3.63, 3.8) is 0 Å². The molecule has 1 aliphatic rings. The third-order valence-corrected chi connectivity index (χ3v) is 5.86. The van der Waals surface area contributed by atoms with Gasteiger partial charge in [0.1, 0.15) is 0 Å². The SMILES string of the molecule is Cc1ccc(NC(=O)CN(C)C(=O)[C@H](C)N2CCc3sccc3C2)cc1. The fourth-order valence-corrected chi connectivity index (χ4v) is 4.10. The molecule has 0 spiro atoms. The maximum atomic E-state index is 12.7. The van der Waals surface area contributed by atoms with E-state index < -0.39 is 0 Å². The van der Waals surface area contributed by atoms with Crippen molar-refractivity contribution in [3.8, 4) is 0 Å². The van der Waals surface area contributed by atoms with E-state index >= 15 is 0 Å². The molecule has 0 radical (unpaired) electrons. The molecule has 1 atom stereocenters. The van der Waals surface area contributed by atoms with E-state index in [1.54, 1.807) is 18.4 Å². The monoisotopic (exact) mass is 371 g/mol. The molecule has 1 aliphatic heterocycles. The summed E-state index contributed by atoms with van der Waals surface area (Å²) in [5.41, 5.74) is 3.20. The molecule has 138 valence electrons. The molecule has 0 fully saturated rings. The van der Waals surface area contributed by atoms with Gasteiger partial charge in [-0.15, -0.1) is 11.3 Å². The fraction of sp³-hybridized carbons (Fsp3) is 0.400. The van der Waals surface area contributed by atoms with Gasteiger partial charge in [-0.1, -0.05) is 17.7 Å². The quantitative estimate of drug-likeness (QED) is 0.879. The van der Waals surface area contributed by atoms with E-state index in [1.165, 1.54) is 15.3 Å². The van der Waals surface area contributed by atoms with Gasteiger partial charge in [-0.25, -0.2) is 0 Å². The molecular weight excluding hydrogens is 346 g/mol. The molecule has 0 saturated carbocycles. The van der Waals surface area contributed by atoms with Gasteiger partial charge in [-0.05, 0) is 49.4 Å². The molecule has 3 rings (SSSR count). The standard InChI is InChI=1S/C20H25N3O2S/c1-14-4-6-17(7-5-14)21-19(24)13-22(3)20(25)15(2)23-10-8-18-16(12-23)9-11-26-18/h4-7,9,11,15H,8,10,12-13H2,1-3H3,(H,21,24)/t15-/m0/s1. The van der Waals surface area contributed by atoms with Crippen LogP contribution in [0.15, 0.2) is 35.7 Å². The Hall–Kier alpha value is -2.18. The van der Waals surface area contributed by atoms with Crippen LogP contribution in [0, 0.1) is 6.92 Å². The van der Waals surface area contributed by atoms with Gasteiger partial charge in [0.25, 0.3) is 0 Å². The van der Waals surface area contributed by atoms with Gasteiger partial charge in [-0.2, -0.15) is 0 Å². The van der Waals surface area contributed by atoms with Crippen LogP contribution < -0.4 is 5.32 Å². The van der Waals surface area contributed by atoms with Crippen LogP contribution >= 0.6 is 11.3 Å². The zero-order chi connectivity index (χ0) is 18.7. The number of nitrogens with zero attached hydrogens (tertiary/aromatic N) is 2. The molecule has 0 bridgehead atoms. The lowest BCUT2D eigenvalue weighted by atomic mass is 10.1. The third-order valence-electron chi connectivity index (χ3n) is 4.83. The van der Waals surface area contributed by atoms with Gasteiger partial charge in [0, 0.05) is 30.7 Å². The molecule has 1 N–H and O–H groups in total. The number of rotatable bonds is 5. The van der Waals surface area contributed by atoms with Crippen LogP contribution in [0.4, 0.5) is 5.69 Å². The highest BCUT2D eigenvalue weighted by Gasteiger charge is 2.28. The highest BCUT2D eigenvalue weighted by Crippen LogP contribution is 2.25. The number of thiophene rings is 1. The summed E-state index contributed by atoms with van der Waals surface area (Å²) in [4.78, 5) is 30.1. The summed E-state index contributed by atoms with van der Waals surface area (Å²) < 4.78 is 0. The van der Waals surface area contributed by atoms with E-state index in [0.29, 0.717) is 0 Å². The van der Waals surface area contributed by atoms with Crippen LogP contribution in [0.5, 0.6) is 0 Å². The van der Waals surface area contributed by atoms with Crippen LogP contribution in [-0.2, 0) is 22.6 Å². The van der Waals surface area contributed by atoms with Gasteiger partial charge in [-0.3, -0.25) is 14.5 Å². The molecule has 26 heavy (non-hydrogen) atoms. The zero-order valence-corrected chi connectivity index (χ0v) is 16.3. The Kier molecular flexibility index (Phi) is 5.74. The zero-order valence-electron chi connectivity index (χ0n) is 15.5. The molecule has 2 heterocycles. The molecule has 0 saturated heterocycles. The molecule has 0 unspecified atom stereocenters. The Balaban J connectivity index is 1.53. The Bertz CT molecular complexity index is 785. The van der Waals surface area contributed by atoms with Crippen LogP contribution in [0.1, 0.15) is 22.9 Å². The van der Waals surface area contributed by atoms with Crippen LogP contribution in [-0.4, -0.2) is 47.8 Å². The van der Waals surface area contributed by atoms with E-state index in [4.69, 9.17) is 0 Å². The van der Waals surface area contributed by atoms with Gasteiger partial charge < -0.3 is 10.2 Å². The molecule has 1 aromatic heterocycles. The maximum absolute atomic E-state index is 12.7. The van der Waals surface area contributed by atoms with E-state index in [1.807, 2.05) is 38.1 Å². The maximum Gasteiger partial charge on any atom is 0.243 e. The Morgan fingerprint density at radius 3 is 2.73 bits per heavy atom. The number of amides is 2. The van der Waals surface area contributed by atoms with E-state index in [-0.39, 0.29) is 24.4 Å². The first-order chi connectivity index (χ1) is 12.4. The number of likely N-dealkylation sites (N-methyl/N-ethyl adjacent to an activating group) is 1. The summed E-state index contributed by atoms with van der Waals surface area (Å²) in [5.74, 6) is -0.210. The van der Waals surface area contributed by atoms with Crippen molar-refractivity contribution in [1.29, 1.82) is 0 Å². The minimum atomic E-state index is -0.236. The Morgan fingerprint density at radius 1 is 1.27 bits per heavy atom. The Morgan fingerprint density at radius 2 is 2.00 bits per heavy atom. The van der Waals surface area contributed by atoms with E-state index in [9.17, 15) is 9.59 Å². The van der Waals surface area contributed by atoms with Crippen molar-refractivity contribution < 1.29 is 9.59 Å². The van der Waals surface area contributed by atoms with Crippen LogP contribution in [0.25, 0.3) is 0 Å². The predicted octanol–water partition coefficient (Wildman–Crippen LogP) is 2.90. The lowest BCUT2D eigenvalue weighted by molar-refractivity contribution is -0.138. The summed E-state index contributed by atoms with van der Waals surface area (Å²) in [7, 11) is 1.69. The second-order valence-electron chi connectivity index (χ2n) is 6.87. The topological polar surface area (TPSA) is 52.7 Å². The van der Waals surface area contributed by atoms with Gasteiger partial charge in [0.2, 0.25) is 11.8 Å². The summed E-state index contributed by atoms with van der Waals surface area (Å²) in [6.07, 6.45) is 0.988. The molecule has 0 aliphatic carbocycles. The number of carbonyl (C=O) groups excluding carboxylic acids is 2. The van der Waals surface area contributed by atoms with Crippen molar-refractivity contribution >= 4 is 28.8 Å². The van der Waals surface area contributed by atoms with Crippen LogP contribution in [0.3, 0.4) is 0 Å². The number of hydrogen-bond donors (Lipinski definition) is 1. The van der Waals surface area contributed by atoms with Gasteiger partial charge in [0.05, 0.1) is 12.6 Å². The van der Waals surface area contributed by atoms with Gasteiger partial charge >= 0.3 is 0 Å². The van der Waals surface area contributed by atoms with Crippen molar-refractivity contribution in [2.45, 2.75) is 32.9 Å². The minimum absolute atomic E-state index is 0.0252. The van der Waals surface area contributed by atoms with Gasteiger partial charge in [0.15, 0.2) is 0 Å². The average Bonchev–Trinajstić information content (AvgIpc) is 3.10. The molecule has 2 amide bonds. The second kappa shape index (κ2) is 8.01. The largest absolute Gasteiger partial charge is 0.335 e. The lowest BCUT2D eigenvalue weighted by Gasteiger charge is -2.33. The van der Waals surface area contributed by atoms with Crippen molar-refractivity contribution in [1.82, 2.24) is 9.80 Å². The predicted molar refractivity (Wildman–Crippen MR) is 105 cm³/mol. The van der Waals surface area contributed by atoms with Crippen molar-refractivity contribution in [3.05, 3.63) is 51.7 Å². The number of carbonyl (C=O) groups is 2. The average molecular weight is 372 g/mol. The Labute approximate surface area is 158 Å². The smallest absolute Gasteiger partial charge is 0.243 e. The number of nitrogens with one attached hydrogen (secondary N) is 1. The first kappa shape index (κ1) is 18.6. The van der Waals surface area contributed by atoms with E-state index in [2.05, 4.69) is 21.7 Å². The highest BCUT2D eigenvalue weighted by atomic mass is 32.1. The number of aryl methyl sites for hydroxylation is 1. The first-order valence-electron chi connectivity index (χ1n) is 8.85.